The number of rotatable bonds is 4. The Morgan fingerprint density at radius 2 is 2.00 bits per heavy atom. The van der Waals surface area contributed by atoms with E-state index in [1.165, 1.54) is 0 Å². The molecule has 0 saturated carbocycles. The molecule has 0 bridgehead atoms. The van der Waals surface area contributed by atoms with Crippen LogP contribution in [0.1, 0.15) is 18.1 Å². The SMILES string of the molecule is COC(CCO)c1ccccc1. The van der Waals surface area contributed by atoms with Crippen molar-refractivity contribution in [3.63, 3.8) is 0 Å². The van der Waals surface area contributed by atoms with E-state index in [2.05, 4.69) is 0 Å². The molecule has 1 atom stereocenters. The molecule has 1 unspecified atom stereocenters. The van der Waals surface area contributed by atoms with Gasteiger partial charge in [-0.15, -0.1) is 0 Å². The first-order valence-corrected chi connectivity index (χ1v) is 4.07. The second-order valence-corrected chi connectivity index (χ2v) is 2.65. The van der Waals surface area contributed by atoms with Gasteiger partial charge in [0.05, 0.1) is 6.10 Å². The van der Waals surface area contributed by atoms with Gasteiger partial charge in [0.15, 0.2) is 0 Å². The third-order valence-corrected chi connectivity index (χ3v) is 1.85. The molecule has 0 heterocycles. The Bertz CT molecular complexity index is 208. The molecule has 0 aliphatic heterocycles. The molecule has 1 aromatic rings. The van der Waals surface area contributed by atoms with E-state index in [0.29, 0.717) is 6.42 Å². The summed E-state index contributed by atoms with van der Waals surface area (Å²) in [5, 5.41) is 8.75. The van der Waals surface area contributed by atoms with Crippen LogP contribution >= 0.6 is 0 Å². The average Bonchev–Trinajstić information content (AvgIpc) is 2.15. The Kier molecular flexibility index (Phi) is 3.77. The first kappa shape index (κ1) is 9.23. The van der Waals surface area contributed by atoms with E-state index in [4.69, 9.17) is 9.84 Å². The lowest BCUT2D eigenvalue weighted by atomic mass is 10.1. The summed E-state index contributed by atoms with van der Waals surface area (Å²) in [6.07, 6.45) is 0.678. The van der Waals surface area contributed by atoms with E-state index in [9.17, 15) is 0 Å². The van der Waals surface area contributed by atoms with Crippen LogP contribution < -0.4 is 0 Å². The predicted molar refractivity (Wildman–Crippen MR) is 47.9 cm³/mol. The maximum atomic E-state index is 8.75. The molecule has 0 radical (unpaired) electrons. The summed E-state index contributed by atoms with van der Waals surface area (Å²) in [7, 11) is 1.66. The molecular formula is C10H14O2. The molecule has 0 amide bonds. The molecule has 0 fully saturated rings. The number of aliphatic hydroxyl groups is 1. The highest BCUT2D eigenvalue weighted by molar-refractivity contribution is 5.17. The summed E-state index contributed by atoms with van der Waals surface area (Å²) in [5.41, 5.74) is 1.12. The molecule has 66 valence electrons. The summed E-state index contributed by atoms with van der Waals surface area (Å²) in [4.78, 5) is 0. The van der Waals surface area contributed by atoms with Crippen LogP contribution in [0, 0.1) is 0 Å². The normalized spacial score (nSPS) is 12.8. The third kappa shape index (κ3) is 2.32. The van der Waals surface area contributed by atoms with Crippen LogP contribution in [0.5, 0.6) is 0 Å². The fourth-order valence-corrected chi connectivity index (χ4v) is 1.21. The van der Waals surface area contributed by atoms with Crippen molar-refractivity contribution < 1.29 is 9.84 Å². The summed E-state index contributed by atoms with van der Waals surface area (Å²) >= 11 is 0. The van der Waals surface area contributed by atoms with Crippen LogP contribution in [0.3, 0.4) is 0 Å². The number of benzene rings is 1. The highest BCUT2D eigenvalue weighted by atomic mass is 16.5. The molecular weight excluding hydrogens is 152 g/mol. The molecule has 2 heteroatoms. The van der Waals surface area contributed by atoms with E-state index in [1.54, 1.807) is 7.11 Å². The second kappa shape index (κ2) is 4.91. The van der Waals surface area contributed by atoms with Gasteiger partial charge in [-0.3, -0.25) is 0 Å². The van der Waals surface area contributed by atoms with Crippen molar-refractivity contribution in [2.24, 2.45) is 0 Å². The van der Waals surface area contributed by atoms with Gasteiger partial charge in [-0.2, -0.15) is 0 Å². The van der Waals surface area contributed by atoms with Gasteiger partial charge >= 0.3 is 0 Å². The minimum atomic E-state index is 0.0243. The first-order chi connectivity index (χ1) is 5.88. The fraction of sp³-hybridized carbons (Fsp3) is 0.400. The van der Waals surface area contributed by atoms with Gasteiger partial charge in [0.2, 0.25) is 0 Å². The van der Waals surface area contributed by atoms with Gasteiger partial charge in [0.1, 0.15) is 0 Å². The summed E-state index contributed by atoms with van der Waals surface area (Å²) in [5.74, 6) is 0. The lowest BCUT2D eigenvalue weighted by Gasteiger charge is -2.13. The molecule has 1 rings (SSSR count). The maximum Gasteiger partial charge on any atom is 0.0843 e. The number of ether oxygens (including phenoxy) is 1. The van der Waals surface area contributed by atoms with Gasteiger partial charge in [-0.05, 0) is 5.56 Å². The van der Waals surface area contributed by atoms with Crippen molar-refractivity contribution in [2.45, 2.75) is 12.5 Å². The number of methoxy groups -OCH3 is 1. The quantitative estimate of drug-likeness (QED) is 0.738. The molecule has 1 N–H and O–H groups in total. The Balaban J connectivity index is 2.66. The van der Waals surface area contributed by atoms with Gasteiger partial charge in [-0.25, -0.2) is 0 Å². The van der Waals surface area contributed by atoms with E-state index in [0.717, 1.165) is 5.56 Å². The molecule has 2 nitrogen and oxygen atoms in total. The Morgan fingerprint density at radius 3 is 2.50 bits per heavy atom. The van der Waals surface area contributed by atoms with Gasteiger partial charge in [-0.1, -0.05) is 30.3 Å². The highest BCUT2D eigenvalue weighted by Crippen LogP contribution is 2.18. The van der Waals surface area contributed by atoms with E-state index >= 15 is 0 Å². The minimum absolute atomic E-state index is 0.0243. The van der Waals surface area contributed by atoms with Crippen molar-refractivity contribution in [1.82, 2.24) is 0 Å². The molecule has 0 aromatic heterocycles. The van der Waals surface area contributed by atoms with Crippen LogP contribution in [0.4, 0.5) is 0 Å². The number of hydrogen-bond donors (Lipinski definition) is 1. The Morgan fingerprint density at radius 1 is 1.33 bits per heavy atom. The zero-order valence-electron chi connectivity index (χ0n) is 7.23. The predicted octanol–water partition coefficient (Wildman–Crippen LogP) is 1.76. The molecule has 0 aliphatic carbocycles. The lowest BCUT2D eigenvalue weighted by Crippen LogP contribution is -2.03. The van der Waals surface area contributed by atoms with Gasteiger partial charge < -0.3 is 9.84 Å². The standard InChI is InChI=1S/C10H14O2/c1-12-10(7-8-11)9-5-3-2-4-6-9/h2-6,10-11H,7-8H2,1H3. The lowest BCUT2D eigenvalue weighted by molar-refractivity contribution is 0.0775. The Labute approximate surface area is 72.8 Å². The molecule has 12 heavy (non-hydrogen) atoms. The second-order valence-electron chi connectivity index (χ2n) is 2.65. The largest absolute Gasteiger partial charge is 0.396 e. The van der Waals surface area contributed by atoms with E-state index in [1.807, 2.05) is 30.3 Å². The molecule has 1 aromatic carbocycles. The first-order valence-electron chi connectivity index (χ1n) is 4.07. The monoisotopic (exact) mass is 166 g/mol. The number of aliphatic hydroxyl groups excluding tert-OH is 1. The van der Waals surface area contributed by atoms with Crippen molar-refractivity contribution in [2.75, 3.05) is 13.7 Å². The zero-order chi connectivity index (χ0) is 8.81. The average molecular weight is 166 g/mol. The van der Waals surface area contributed by atoms with Crippen molar-refractivity contribution >= 4 is 0 Å². The molecule has 0 saturated heterocycles. The van der Waals surface area contributed by atoms with Crippen LogP contribution in [-0.2, 0) is 4.74 Å². The van der Waals surface area contributed by atoms with Crippen LogP contribution in [0.15, 0.2) is 30.3 Å². The Hall–Kier alpha value is -0.860. The minimum Gasteiger partial charge on any atom is -0.396 e. The zero-order valence-corrected chi connectivity index (χ0v) is 7.23. The highest BCUT2D eigenvalue weighted by Gasteiger charge is 2.07. The van der Waals surface area contributed by atoms with E-state index in [-0.39, 0.29) is 12.7 Å². The topological polar surface area (TPSA) is 29.5 Å². The third-order valence-electron chi connectivity index (χ3n) is 1.85. The van der Waals surface area contributed by atoms with E-state index < -0.39 is 0 Å². The van der Waals surface area contributed by atoms with Crippen molar-refractivity contribution in [3.8, 4) is 0 Å². The van der Waals surface area contributed by atoms with Crippen molar-refractivity contribution in [3.05, 3.63) is 35.9 Å². The van der Waals surface area contributed by atoms with Crippen molar-refractivity contribution in [1.29, 1.82) is 0 Å². The van der Waals surface area contributed by atoms with Crippen LogP contribution in [0.2, 0.25) is 0 Å². The smallest absolute Gasteiger partial charge is 0.0843 e. The fourth-order valence-electron chi connectivity index (χ4n) is 1.21. The summed E-state index contributed by atoms with van der Waals surface area (Å²) in [6, 6.07) is 9.92. The maximum absolute atomic E-state index is 8.75. The van der Waals surface area contributed by atoms with Gasteiger partial charge in [0.25, 0.3) is 0 Å². The molecule has 0 spiro atoms. The van der Waals surface area contributed by atoms with Crippen LogP contribution in [-0.4, -0.2) is 18.8 Å². The number of hydrogen-bond acceptors (Lipinski definition) is 2. The summed E-state index contributed by atoms with van der Waals surface area (Å²) < 4.78 is 5.22. The molecule has 0 aliphatic rings. The van der Waals surface area contributed by atoms with Crippen LogP contribution in [0.25, 0.3) is 0 Å². The summed E-state index contributed by atoms with van der Waals surface area (Å²) in [6.45, 7) is 0.160. The van der Waals surface area contributed by atoms with Gasteiger partial charge in [0, 0.05) is 20.1 Å².